The van der Waals surface area contributed by atoms with E-state index in [4.69, 9.17) is 18.9 Å². The highest BCUT2D eigenvalue weighted by Gasteiger charge is 2.39. The molecule has 154 valence electrons. The van der Waals surface area contributed by atoms with Gasteiger partial charge >= 0.3 is 11.9 Å². The van der Waals surface area contributed by atoms with E-state index >= 15 is 0 Å². The van der Waals surface area contributed by atoms with Gasteiger partial charge < -0.3 is 18.9 Å². The number of esters is 2. The molecule has 6 nitrogen and oxygen atoms in total. The Labute approximate surface area is 162 Å². The van der Waals surface area contributed by atoms with Crippen LogP contribution in [0.3, 0.4) is 0 Å². The first-order valence-corrected chi connectivity index (χ1v) is 10.0. The third kappa shape index (κ3) is 6.61. The Morgan fingerprint density at radius 2 is 1.74 bits per heavy atom. The van der Waals surface area contributed by atoms with Crippen LogP contribution < -0.4 is 0 Å². The third-order valence-corrected chi connectivity index (χ3v) is 5.31. The second-order valence-corrected chi connectivity index (χ2v) is 8.27. The number of carbonyl (C=O) groups excluding carboxylic acids is 2. The van der Waals surface area contributed by atoms with Gasteiger partial charge in [-0.25, -0.2) is 4.79 Å². The summed E-state index contributed by atoms with van der Waals surface area (Å²) < 4.78 is 22.8. The maximum Gasteiger partial charge on any atom is 0.333 e. The first-order chi connectivity index (χ1) is 12.6. The summed E-state index contributed by atoms with van der Waals surface area (Å²) in [5.74, 6) is -1.52. The Kier molecular flexibility index (Phi) is 7.46. The molecular formula is C21H34O6. The van der Waals surface area contributed by atoms with Gasteiger partial charge in [0.2, 0.25) is 0 Å². The van der Waals surface area contributed by atoms with Gasteiger partial charge in [0.05, 0.1) is 18.6 Å². The van der Waals surface area contributed by atoms with Crippen molar-refractivity contribution in [2.75, 3.05) is 6.61 Å². The molecule has 1 aliphatic carbocycles. The molecule has 1 saturated carbocycles. The van der Waals surface area contributed by atoms with Gasteiger partial charge in [0.1, 0.15) is 12.2 Å². The van der Waals surface area contributed by atoms with E-state index in [-0.39, 0.29) is 36.8 Å². The highest BCUT2D eigenvalue weighted by Crippen LogP contribution is 2.35. The molecule has 0 radical (unpaired) electrons. The summed E-state index contributed by atoms with van der Waals surface area (Å²) in [6, 6.07) is 0. The molecule has 0 spiro atoms. The van der Waals surface area contributed by atoms with E-state index in [0.29, 0.717) is 12.0 Å². The zero-order valence-electron chi connectivity index (χ0n) is 17.2. The molecule has 0 aromatic carbocycles. The molecule has 2 aliphatic rings. The molecule has 0 aromatic heterocycles. The molecule has 27 heavy (non-hydrogen) atoms. The maximum atomic E-state index is 12.6. The lowest BCUT2D eigenvalue weighted by molar-refractivity contribution is -0.304. The minimum absolute atomic E-state index is 0.114. The lowest BCUT2D eigenvalue weighted by Crippen LogP contribution is -2.47. The van der Waals surface area contributed by atoms with Gasteiger partial charge in [0.25, 0.3) is 0 Å². The van der Waals surface area contributed by atoms with Crippen LogP contribution in [-0.4, -0.2) is 42.1 Å². The minimum atomic E-state index is -0.850. The zero-order chi connectivity index (χ0) is 20.1. The molecule has 0 aromatic rings. The van der Waals surface area contributed by atoms with Crippen LogP contribution in [0, 0.1) is 0 Å². The van der Waals surface area contributed by atoms with Crippen molar-refractivity contribution in [2.45, 2.75) is 103 Å². The molecule has 2 unspecified atom stereocenters. The number of hydrogen-bond acceptors (Lipinski definition) is 6. The molecule has 0 N–H and O–H groups in total. The SMILES string of the molecule is C=C(C)C(=O)OCC1CC(CC(=O)OC2(CC)CCCCC2)OC(C)(C)O1. The topological polar surface area (TPSA) is 71.1 Å². The summed E-state index contributed by atoms with van der Waals surface area (Å²) >= 11 is 0. The van der Waals surface area contributed by atoms with Crippen LogP contribution in [0.2, 0.25) is 0 Å². The third-order valence-electron chi connectivity index (χ3n) is 5.31. The Hall–Kier alpha value is -1.40. The van der Waals surface area contributed by atoms with Gasteiger partial charge in [0, 0.05) is 12.0 Å². The molecular weight excluding hydrogens is 348 g/mol. The molecule has 1 saturated heterocycles. The fourth-order valence-corrected chi connectivity index (χ4v) is 3.93. The van der Waals surface area contributed by atoms with Gasteiger partial charge in [-0.15, -0.1) is 0 Å². The quantitative estimate of drug-likeness (QED) is 0.488. The van der Waals surface area contributed by atoms with Crippen molar-refractivity contribution in [3.05, 3.63) is 12.2 Å². The van der Waals surface area contributed by atoms with Crippen LogP contribution in [0.5, 0.6) is 0 Å². The largest absolute Gasteiger partial charge is 0.460 e. The molecule has 0 amide bonds. The summed E-state index contributed by atoms with van der Waals surface area (Å²) in [6.45, 7) is 11.0. The molecule has 2 fully saturated rings. The fraction of sp³-hybridized carbons (Fsp3) is 0.810. The summed E-state index contributed by atoms with van der Waals surface area (Å²) in [5.41, 5.74) is 0.0330. The number of hydrogen-bond donors (Lipinski definition) is 0. The van der Waals surface area contributed by atoms with Crippen molar-refractivity contribution >= 4 is 11.9 Å². The molecule has 2 atom stereocenters. The van der Waals surface area contributed by atoms with Gasteiger partial charge in [-0.2, -0.15) is 0 Å². The van der Waals surface area contributed by atoms with Crippen molar-refractivity contribution < 1.29 is 28.5 Å². The monoisotopic (exact) mass is 382 g/mol. The standard InChI is InChI=1S/C21H34O6/c1-6-21(10-8-7-9-11-21)27-18(22)13-16-12-17(26-20(4,5)25-16)14-24-19(23)15(2)3/h16-17H,2,6-14H2,1,3-5H3. The van der Waals surface area contributed by atoms with Crippen molar-refractivity contribution in [2.24, 2.45) is 0 Å². The molecule has 2 rings (SSSR count). The van der Waals surface area contributed by atoms with Crippen LogP contribution in [-0.2, 0) is 28.5 Å². The van der Waals surface area contributed by atoms with Gasteiger partial charge in [-0.1, -0.05) is 19.9 Å². The van der Waals surface area contributed by atoms with Crippen molar-refractivity contribution in [1.82, 2.24) is 0 Å². The first-order valence-electron chi connectivity index (χ1n) is 10.0. The van der Waals surface area contributed by atoms with Gasteiger partial charge in [-0.05, 0) is 52.9 Å². The Bertz CT molecular complexity index is 547. The van der Waals surface area contributed by atoms with E-state index in [9.17, 15) is 9.59 Å². The summed E-state index contributed by atoms with van der Waals surface area (Å²) in [5, 5.41) is 0. The Balaban J connectivity index is 1.90. The normalized spacial score (nSPS) is 26.8. The van der Waals surface area contributed by atoms with E-state index in [0.717, 1.165) is 32.1 Å². The van der Waals surface area contributed by atoms with Gasteiger partial charge in [0.15, 0.2) is 5.79 Å². The molecule has 0 bridgehead atoms. The first kappa shape index (κ1) is 21.9. The Morgan fingerprint density at radius 1 is 1.11 bits per heavy atom. The minimum Gasteiger partial charge on any atom is -0.460 e. The second kappa shape index (κ2) is 9.20. The van der Waals surface area contributed by atoms with E-state index in [1.165, 1.54) is 6.42 Å². The lowest BCUT2D eigenvalue weighted by atomic mass is 9.82. The van der Waals surface area contributed by atoms with Crippen LogP contribution in [0.15, 0.2) is 12.2 Å². The number of rotatable bonds is 7. The van der Waals surface area contributed by atoms with Crippen LogP contribution in [0.1, 0.15) is 79.1 Å². The van der Waals surface area contributed by atoms with Crippen molar-refractivity contribution in [3.63, 3.8) is 0 Å². The number of carbonyl (C=O) groups is 2. The average Bonchev–Trinajstić information content (AvgIpc) is 2.58. The predicted octanol–water partition coefficient (Wildman–Crippen LogP) is 4.06. The van der Waals surface area contributed by atoms with Crippen molar-refractivity contribution in [1.29, 1.82) is 0 Å². The summed E-state index contributed by atoms with van der Waals surface area (Å²) in [6.07, 6.45) is 6.15. The zero-order valence-corrected chi connectivity index (χ0v) is 17.2. The average molecular weight is 382 g/mol. The highest BCUT2D eigenvalue weighted by atomic mass is 16.7. The van der Waals surface area contributed by atoms with Crippen LogP contribution in [0.25, 0.3) is 0 Å². The summed E-state index contributed by atoms with van der Waals surface area (Å²) in [7, 11) is 0. The highest BCUT2D eigenvalue weighted by molar-refractivity contribution is 5.86. The van der Waals surface area contributed by atoms with Gasteiger partial charge in [-0.3, -0.25) is 4.79 Å². The second-order valence-electron chi connectivity index (χ2n) is 8.27. The Morgan fingerprint density at radius 3 is 2.33 bits per heavy atom. The maximum absolute atomic E-state index is 12.6. The van der Waals surface area contributed by atoms with E-state index < -0.39 is 11.8 Å². The van der Waals surface area contributed by atoms with Crippen molar-refractivity contribution in [3.8, 4) is 0 Å². The molecule has 1 aliphatic heterocycles. The van der Waals surface area contributed by atoms with Crippen LogP contribution in [0.4, 0.5) is 0 Å². The van der Waals surface area contributed by atoms with E-state index in [1.54, 1.807) is 20.8 Å². The number of ether oxygens (including phenoxy) is 4. The smallest absolute Gasteiger partial charge is 0.333 e. The summed E-state index contributed by atoms with van der Waals surface area (Å²) in [4.78, 5) is 24.2. The molecule has 6 heteroatoms. The fourth-order valence-electron chi connectivity index (χ4n) is 3.93. The predicted molar refractivity (Wildman–Crippen MR) is 101 cm³/mol. The van der Waals surface area contributed by atoms with Crippen LogP contribution >= 0.6 is 0 Å². The van der Waals surface area contributed by atoms with E-state index in [2.05, 4.69) is 13.5 Å². The lowest BCUT2D eigenvalue weighted by Gasteiger charge is -2.41. The molecule has 1 heterocycles. The van der Waals surface area contributed by atoms with E-state index in [1.807, 2.05) is 0 Å².